The van der Waals surface area contributed by atoms with E-state index in [-0.39, 0.29) is 18.2 Å². The molecular weight excluding hydrogens is 224 g/mol. The van der Waals surface area contributed by atoms with Crippen LogP contribution in [0.3, 0.4) is 0 Å². The van der Waals surface area contributed by atoms with E-state index in [1.165, 1.54) is 0 Å². The van der Waals surface area contributed by atoms with Gasteiger partial charge in [-0.25, -0.2) is 13.1 Å². The molecule has 0 aliphatic rings. The first-order valence-corrected chi connectivity index (χ1v) is 6.45. The molecule has 0 unspecified atom stereocenters. The molecule has 6 heteroatoms. The molecule has 4 nitrogen and oxygen atoms in total. The highest BCUT2D eigenvalue weighted by atomic mass is 35.5. The van der Waals surface area contributed by atoms with Crippen LogP contribution in [-0.4, -0.2) is 27.3 Å². The van der Waals surface area contributed by atoms with Gasteiger partial charge in [-0.15, -0.1) is 12.4 Å². The van der Waals surface area contributed by atoms with Crippen molar-refractivity contribution in [2.45, 2.75) is 32.6 Å². The van der Waals surface area contributed by atoms with Crippen LogP contribution >= 0.6 is 12.4 Å². The quantitative estimate of drug-likeness (QED) is 0.623. The van der Waals surface area contributed by atoms with E-state index >= 15 is 0 Å². The van der Waals surface area contributed by atoms with Crippen molar-refractivity contribution in [1.82, 2.24) is 4.72 Å². The minimum atomic E-state index is -3.02. The molecule has 0 bridgehead atoms. The van der Waals surface area contributed by atoms with Gasteiger partial charge in [0.25, 0.3) is 0 Å². The number of rotatable bonds is 8. The molecule has 14 heavy (non-hydrogen) atoms. The van der Waals surface area contributed by atoms with Gasteiger partial charge in [0.15, 0.2) is 0 Å². The smallest absolute Gasteiger partial charge is 0.211 e. The highest BCUT2D eigenvalue weighted by molar-refractivity contribution is 7.89. The second-order valence-electron chi connectivity index (χ2n) is 3.06. The topological polar surface area (TPSA) is 72.2 Å². The van der Waals surface area contributed by atoms with Gasteiger partial charge in [0.05, 0.1) is 5.75 Å². The second kappa shape index (κ2) is 9.71. The molecule has 0 radical (unpaired) electrons. The maximum absolute atomic E-state index is 11.2. The zero-order valence-electron chi connectivity index (χ0n) is 8.66. The van der Waals surface area contributed by atoms with Crippen molar-refractivity contribution >= 4 is 22.4 Å². The number of nitrogens with two attached hydrogens (primary N) is 1. The monoisotopic (exact) mass is 244 g/mol. The Hall–Kier alpha value is 0.160. The third-order valence-electron chi connectivity index (χ3n) is 1.72. The summed E-state index contributed by atoms with van der Waals surface area (Å²) in [6, 6.07) is 0. The third-order valence-corrected chi connectivity index (χ3v) is 3.19. The van der Waals surface area contributed by atoms with E-state index in [0.717, 1.165) is 25.7 Å². The number of halogens is 1. The highest BCUT2D eigenvalue weighted by Crippen LogP contribution is 1.94. The van der Waals surface area contributed by atoms with E-state index in [9.17, 15) is 8.42 Å². The number of hydrogen-bond acceptors (Lipinski definition) is 3. The van der Waals surface area contributed by atoms with Gasteiger partial charge >= 0.3 is 0 Å². The summed E-state index contributed by atoms with van der Waals surface area (Å²) in [6.45, 7) is 3.11. The summed E-state index contributed by atoms with van der Waals surface area (Å²) >= 11 is 0. The normalized spacial score (nSPS) is 11.0. The Balaban J connectivity index is 0. The van der Waals surface area contributed by atoms with Crippen LogP contribution < -0.4 is 10.5 Å². The molecular formula is C8H21ClN2O2S. The van der Waals surface area contributed by atoms with Crippen molar-refractivity contribution < 1.29 is 8.42 Å². The first-order valence-electron chi connectivity index (χ1n) is 4.80. The van der Waals surface area contributed by atoms with Crippen LogP contribution in [-0.2, 0) is 10.0 Å². The van der Waals surface area contributed by atoms with Crippen LogP contribution in [0.25, 0.3) is 0 Å². The summed E-state index contributed by atoms with van der Waals surface area (Å²) in [4.78, 5) is 0. The molecule has 0 saturated carbocycles. The van der Waals surface area contributed by atoms with Crippen molar-refractivity contribution in [2.75, 3.05) is 18.8 Å². The molecule has 0 atom stereocenters. The fourth-order valence-electron chi connectivity index (χ4n) is 0.904. The fraction of sp³-hybridized carbons (Fsp3) is 1.00. The Morgan fingerprint density at radius 3 is 2.36 bits per heavy atom. The van der Waals surface area contributed by atoms with Crippen molar-refractivity contribution in [2.24, 2.45) is 5.73 Å². The molecule has 0 heterocycles. The molecule has 0 aromatic carbocycles. The standard InChI is InChI=1S/C8H20N2O2S.ClH/c1-2-3-8-13(11,12)10-7-5-4-6-9;/h10H,2-9H2,1H3;1H. The van der Waals surface area contributed by atoms with Gasteiger partial charge in [-0.1, -0.05) is 13.3 Å². The van der Waals surface area contributed by atoms with Crippen LogP contribution in [0.2, 0.25) is 0 Å². The average Bonchev–Trinajstić information content (AvgIpc) is 2.09. The summed E-state index contributed by atoms with van der Waals surface area (Å²) in [5.41, 5.74) is 5.28. The van der Waals surface area contributed by atoms with Crippen LogP contribution in [0.5, 0.6) is 0 Å². The molecule has 0 amide bonds. The molecule has 0 saturated heterocycles. The van der Waals surface area contributed by atoms with Gasteiger partial charge in [-0.3, -0.25) is 0 Å². The maximum atomic E-state index is 11.2. The van der Waals surface area contributed by atoms with E-state index < -0.39 is 10.0 Å². The van der Waals surface area contributed by atoms with E-state index in [1.807, 2.05) is 6.92 Å². The van der Waals surface area contributed by atoms with E-state index in [0.29, 0.717) is 13.1 Å². The lowest BCUT2D eigenvalue weighted by atomic mass is 10.3. The van der Waals surface area contributed by atoms with E-state index in [4.69, 9.17) is 5.73 Å². The molecule has 88 valence electrons. The molecule has 0 aliphatic carbocycles. The minimum absolute atomic E-state index is 0. The van der Waals surface area contributed by atoms with Crippen LogP contribution in [0, 0.1) is 0 Å². The number of sulfonamides is 1. The molecule has 3 N–H and O–H groups in total. The molecule has 0 aliphatic heterocycles. The first kappa shape index (κ1) is 16.6. The number of unbranched alkanes of at least 4 members (excludes halogenated alkanes) is 2. The van der Waals surface area contributed by atoms with Crippen molar-refractivity contribution in [3.05, 3.63) is 0 Å². The Kier molecular flexibility index (Phi) is 11.5. The summed E-state index contributed by atoms with van der Waals surface area (Å²) < 4.78 is 25.0. The fourth-order valence-corrected chi connectivity index (χ4v) is 2.17. The Morgan fingerprint density at radius 2 is 1.86 bits per heavy atom. The van der Waals surface area contributed by atoms with Crippen LogP contribution in [0.4, 0.5) is 0 Å². The SMILES string of the molecule is CCCCS(=O)(=O)NCCCCN.Cl. The van der Waals surface area contributed by atoms with Gasteiger partial charge in [-0.05, 0) is 25.8 Å². The molecule has 0 aromatic heterocycles. The molecule has 0 fully saturated rings. The number of hydrogen-bond donors (Lipinski definition) is 2. The first-order chi connectivity index (χ1) is 6.12. The van der Waals surface area contributed by atoms with Gasteiger partial charge in [0, 0.05) is 6.54 Å². The molecule has 0 rings (SSSR count). The lowest BCUT2D eigenvalue weighted by molar-refractivity contribution is 0.574. The van der Waals surface area contributed by atoms with E-state index in [2.05, 4.69) is 4.72 Å². The maximum Gasteiger partial charge on any atom is 0.211 e. The lowest BCUT2D eigenvalue weighted by Crippen LogP contribution is -2.27. The lowest BCUT2D eigenvalue weighted by Gasteiger charge is -2.04. The molecule has 0 spiro atoms. The van der Waals surface area contributed by atoms with Gasteiger partial charge < -0.3 is 5.73 Å². The summed E-state index contributed by atoms with van der Waals surface area (Å²) in [5.74, 6) is 0.242. The molecule has 0 aromatic rings. The van der Waals surface area contributed by atoms with Gasteiger partial charge in [0.1, 0.15) is 0 Å². The number of nitrogens with one attached hydrogen (secondary N) is 1. The van der Waals surface area contributed by atoms with Gasteiger partial charge in [-0.2, -0.15) is 0 Å². The zero-order valence-corrected chi connectivity index (χ0v) is 10.3. The third kappa shape index (κ3) is 10.2. The average molecular weight is 245 g/mol. The summed E-state index contributed by atoms with van der Waals surface area (Å²) in [7, 11) is -3.02. The Bertz CT molecular complexity index is 207. The van der Waals surface area contributed by atoms with Crippen LogP contribution in [0.1, 0.15) is 32.6 Å². The van der Waals surface area contributed by atoms with Crippen molar-refractivity contribution in [3.8, 4) is 0 Å². The predicted octanol–water partition coefficient (Wildman–Crippen LogP) is 0.867. The largest absolute Gasteiger partial charge is 0.330 e. The Labute approximate surface area is 93.1 Å². The van der Waals surface area contributed by atoms with Crippen molar-refractivity contribution in [1.29, 1.82) is 0 Å². The Morgan fingerprint density at radius 1 is 1.21 bits per heavy atom. The zero-order chi connectivity index (χ0) is 10.2. The highest BCUT2D eigenvalue weighted by Gasteiger charge is 2.07. The summed E-state index contributed by atoms with van der Waals surface area (Å²) in [5, 5.41) is 0. The second-order valence-corrected chi connectivity index (χ2v) is 4.99. The summed E-state index contributed by atoms with van der Waals surface area (Å²) in [6.07, 6.45) is 3.33. The van der Waals surface area contributed by atoms with Crippen LogP contribution in [0.15, 0.2) is 0 Å². The van der Waals surface area contributed by atoms with E-state index in [1.54, 1.807) is 0 Å². The van der Waals surface area contributed by atoms with Crippen molar-refractivity contribution in [3.63, 3.8) is 0 Å². The van der Waals surface area contributed by atoms with Gasteiger partial charge in [0.2, 0.25) is 10.0 Å². The predicted molar refractivity (Wildman–Crippen MR) is 62.2 cm³/mol. The minimum Gasteiger partial charge on any atom is -0.330 e.